The summed E-state index contributed by atoms with van der Waals surface area (Å²) < 4.78 is 22.6. The number of carbonyl (C=O) groups excluding carboxylic acids is 2. The van der Waals surface area contributed by atoms with Gasteiger partial charge >= 0.3 is 11.9 Å². The number of hydrogen-bond acceptors (Lipinski definition) is 5. The zero-order valence-electron chi connectivity index (χ0n) is 9.97. The molecule has 5 nitrogen and oxygen atoms in total. The highest BCUT2D eigenvalue weighted by molar-refractivity contribution is 5.89. The van der Waals surface area contributed by atoms with E-state index in [1.807, 2.05) is 0 Å². The van der Waals surface area contributed by atoms with E-state index in [0.29, 0.717) is 0 Å². The predicted octanol–water partition coefficient (Wildman–Crippen LogP) is 1.21. The van der Waals surface area contributed by atoms with E-state index in [1.54, 1.807) is 6.92 Å². The molecule has 0 saturated heterocycles. The smallest absolute Gasteiger partial charge is 0.339 e. The molecule has 1 atom stereocenters. The van der Waals surface area contributed by atoms with Gasteiger partial charge in [-0.1, -0.05) is 6.07 Å². The van der Waals surface area contributed by atoms with Gasteiger partial charge in [-0.05, 0) is 19.1 Å². The van der Waals surface area contributed by atoms with Crippen LogP contribution in [0.4, 0.5) is 4.39 Å². The SMILES string of the molecule is CCOC(=O)C(O)c1ccc(C(=O)OC)cc1F. The standard InChI is InChI=1S/C12H13FO5/c1-3-18-12(16)10(14)8-5-4-7(6-9(8)13)11(15)17-2/h4-6,10,14H,3H2,1-2H3. The number of aliphatic hydroxyl groups is 1. The van der Waals surface area contributed by atoms with Crippen LogP contribution in [0.2, 0.25) is 0 Å². The summed E-state index contributed by atoms with van der Waals surface area (Å²) >= 11 is 0. The Morgan fingerprint density at radius 1 is 1.44 bits per heavy atom. The largest absolute Gasteiger partial charge is 0.465 e. The van der Waals surface area contributed by atoms with Crippen molar-refractivity contribution >= 4 is 11.9 Å². The molecule has 0 heterocycles. The fourth-order valence-corrected chi connectivity index (χ4v) is 1.34. The second-order valence-corrected chi connectivity index (χ2v) is 3.38. The van der Waals surface area contributed by atoms with E-state index in [1.165, 1.54) is 13.2 Å². The normalized spacial score (nSPS) is 11.8. The third-order valence-electron chi connectivity index (χ3n) is 2.23. The molecule has 0 radical (unpaired) electrons. The second-order valence-electron chi connectivity index (χ2n) is 3.38. The molecule has 0 fully saturated rings. The van der Waals surface area contributed by atoms with Gasteiger partial charge in [0.1, 0.15) is 5.82 Å². The molecular weight excluding hydrogens is 243 g/mol. The van der Waals surface area contributed by atoms with Crippen molar-refractivity contribution < 1.29 is 28.6 Å². The molecule has 1 aromatic rings. The summed E-state index contributed by atoms with van der Waals surface area (Å²) in [6.45, 7) is 1.65. The Morgan fingerprint density at radius 2 is 2.11 bits per heavy atom. The lowest BCUT2D eigenvalue weighted by atomic mass is 10.1. The van der Waals surface area contributed by atoms with Gasteiger partial charge in [-0.25, -0.2) is 14.0 Å². The lowest BCUT2D eigenvalue weighted by Gasteiger charge is -2.11. The van der Waals surface area contributed by atoms with Crippen molar-refractivity contribution in [2.45, 2.75) is 13.0 Å². The molecule has 18 heavy (non-hydrogen) atoms. The molecule has 6 heteroatoms. The van der Waals surface area contributed by atoms with Gasteiger partial charge in [0, 0.05) is 5.56 Å². The van der Waals surface area contributed by atoms with Gasteiger partial charge in [0.2, 0.25) is 0 Å². The fourth-order valence-electron chi connectivity index (χ4n) is 1.34. The van der Waals surface area contributed by atoms with E-state index in [4.69, 9.17) is 0 Å². The average molecular weight is 256 g/mol. The molecule has 1 N–H and O–H groups in total. The number of benzene rings is 1. The van der Waals surface area contributed by atoms with Crippen molar-refractivity contribution in [2.75, 3.05) is 13.7 Å². The van der Waals surface area contributed by atoms with Crippen molar-refractivity contribution in [3.05, 3.63) is 35.1 Å². The van der Waals surface area contributed by atoms with E-state index in [-0.39, 0.29) is 17.7 Å². The molecule has 1 rings (SSSR count). The van der Waals surface area contributed by atoms with Gasteiger partial charge in [-0.15, -0.1) is 0 Å². The molecule has 0 amide bonds. The van der Waals surface area contributed by atoms with Crippen molar-refractivity contribution in [2.24, 2.45) is 0 Å². The number of rotatable bonds is 4. The average Bonchev–Trinajstić information content (AvgIpc) is 2.37. The maximum atomic E-state index is 13.6. The zero-order valence-corrected chi connectivity index (χ0v) is 9.97. The van der Waals surface area contributed by atoms with Gasteiger partial charge < -0.3 is 14.6 Å². The number of ether oxygens (including phenoxy) is 2. The van der Waals surface area contributed by atoms with Gasteiger partial charge in [0.15, 0.2) is 6.10 Å². The number of hydrogen-bond donors (Lipinski definition) is 1. The fraction of sp³-hybridized carbons (Fsp3) is 0.333. The van der Waals surface area contributed by atoms with Crippen LogP contribution in [0.25, 0.3) is 0 Å². The summed E-state index contributed by atoms with van der Waals surface area (Å²) in [5.74, 6) is -2.52. The molecule has 0 aromatic heterocycles. The summed E-state index contributed by atoms with van der Waals surface area (Å²) in [6.07, 6.45) is -1.71. The van der Waals surface area contributed by atoms with Crippen LogP contribution >= 0.6 is 0 Å². The van der Waals surface area contributed by atoms with Gasteiger partial charge in [-0.2, -0.15) is 0 Å². The molecule has 0 saturated carbocycles. The van der Waals surface area contributed by atoms with Crippen molar-refractivity contribution in [3.8, 4) is 0 Å². The van der Waals surface area contributed by atoms with Crippen molar-refractivity contribution in [1.82, 2.24) is 0 Å². The minimum Gasteiger partial charge on any atom is -0.465 e. The number of halogens is 1. The first-order valence-electron chi connectivity index (χ1n) is 5.23. The Labute approximate surface area is 103 Å². The third kappa shape index (κ3) is 3.04. The highest BCUT2D eigenvalue weighted by atomic mass is 19.1. The predicted molar refractivity (Wildman–Crippen MR) is 59.3 cm³/mol. The Bertz CT molecular complexity index is 458. The minimum absolute atomic E-state index is 0.00481. The number of methoxy groups -OCH3 is 1. The van der Waals surface area contributed by atoms with Gasteiger partial charge in [-0.3, -0.25) is 0 Å². The van der Waals surface area contributed by atoms with Gasteiger partial charge in [0.25, 0.3) is 0 Å². The van der Waals surface area contributed by atoms with Crippen LogP contribution in [0.3, 0.4) is 0 Å². The van der Waals surface area contributed by atoms with E-state index in [2.05, 4.69) is 9.47 Å². The summed E-state index contributed by atoms with van der Waals surface area (Å²) in [5, 5.41) is 9.56. The summed E-state index contributed by atoms with van der Waals surface area (Å²) in [7, 11) is 1.17. The van der Waals surface area contributed by atoms with Crippen molar-refractivity contribution in [1.29, 1.82) is 0 Å². The Morgan fingerprint density at radius 3 is 2.61 bits per heavy atom. The van der Waals surface area contributed by atoms with E-state index in [0.717, 1.165) is 12.1 Å². The number of carbonyl (C=O) groups is 2. The van der Waals surface area contributed by atoms with Crippen LogP contribution in [0.5, 0.6) is 0 Å². The first-order valence-corrected chi connectivity index (χ1v) is 5.23. The molecule has 0 aliphatic carbocycles. The molecule has 0 aliphatic heterocycles. The summed E-state index contributed by atoms with van der Waals surface area (Å²) in [4.78, 5) is 22.4. The lowest BCUT2D eigenvalue weighted by molar-refractivity contribution is -0.153. The first kappa shape index (κ1) is 14.1. The maximum absolute atomic E-state index is 13.6. The quantitative estimate of drug-likeness (QED) is 0.820. The Balaban J connectivity index is 2.98. The molecule has 0 aliphatic rings. The van der Waals surface area contributed by atoms with Crippen LogP contribution in [-0.2, 0) is 14.3 Å². The Hall–Kier alpha value is -1.95. The summed E-state index contributed by atoms with van der Waals surface area (Å²) in [5.41, 5.74) is -0.254. The molecular formula is C12H13FO5. The molecule has 1 aromatic carbocycles. The van der Waals surface area contributed by atoms with E-state index < -0.39 is 23.9 Å². The van der Waals surface area contributed by atoms with Crippen LogP contribution in [-0.4, -0.2) is 30.8 Å². The minimum atomic E-state index is -1.71. The zero-order chi connectivity index (χ0) is 13.7. The van der Waals surface area contributed by atoms with Crippen LogP contribution in [0, 0.1) is 5.82 Å². The van der Waals surface area contributed by atoms with E-state index in [9.17, 15) is 19.1 Å². The highest BCUT2D eigenvalue weighted by Crippen LogP contribution is 2.20. The van der Waals surface area contributed by atoms with Gasteiger partial charge in [0.05, 0.1) is 19.3 Å². The molecule has 98 valence electrons. The highest BCUT2D eigenvalue weighted by Gasteiger charge is 2.23. The monoisotopic (exact) mass is 256 g/mol. The second kappa shape index (κ2) is 6.11. The van der Waals surface area contributed by atoms with Crippen LogP contribution in [0.1, 0.15) is 28.9 Å². The van der Waals surface area contributed by atoms with Crippen LogP contribution in [0.15, 0.2) is 18.2 Å². The van der Waals surface area contributed by atoms with Crippen LogP contribution < -0.4 is 0 Å². The third-order valence-corrected chi connectivity index (χ3v) is 2.23. The maximum Gasteiger partial charge on any atom is 0.339 e. The lowest BCUT2D eigenvalue weighted by Crippen LogP contribution is -2.17. The molecule has 1 unspecified atom stereocenters. The van der Waals surface area contributed by atoms with Crippen molar-refractivity contribution in [3.63, 3.8) is 0 Å². The number of aliphatic hydroxyl groups excluding tert-OH is 1. The van der Waals surface area contributed by atoms with E-state index >= 15 is 0 Å². The summed E-state index contributed by atoms with van der Waals surface area (Å²) in [6, 6.07) is 3.29. The topological polar surface area (TPSA) is 72.8 Å². The Kier molecular flexibility index (Phi) is 4.79. The number of esters is 2. The molecule has 0 spiro atoms. The molecule has 0 bridgehead atoms. The first-order chi connectivity index (χ1) is 8.51.